The van der Waals surface area contributed by atoms with E-state index in [9.17, 15) is 0 Å². The number of hydrogen-bond acceptors (Lipinski definition) is 2. The maximum absolute atomic E-state index is 6.20. The summed E-state index contributed by atoms with van der Waals surface area (Å²) in [6.45, 7) is 6.02. The molecule has 19 heavy (non-hydrogen) atoms. The summed E-state index contributed by atoms with van der Waals surface area (Å²) in [6.07, 6.45) is 2.60. The van der Waals surface area contributed by atoms with Gasteiger partial charge in [-0.05, 0) is 36.2 Å². The van der Waals surface area contributed by atoms with Gasteiger partial charge in [-0.3, -0.25) is 0 Å². The summed E-state index contributed by atoms with van der Waals surface area (Å²) in [5, 5.41) is 0. The first-order valence-electron chi connectivity index (χ1n) is 7.27. The SMILES string of the molecule is CC(CN1CC2CCC(N)C2C1)c1ccccc1.Cl. The van der Waals surface area contributed by atoms with Crippen LogP contribution < -0.4 is 5.73 Å². The highest BCUT2D eigenvalue weighted by atomic mass is 35.5. The molecule has 0 spiro atoms. The zero-order chi connectivity index (χ0) is 12.5. The molecule has 2 aliphatic rings. The summed E-state index contributed by atoms with van der Waals surface area (Å²) < 4.78 is 0. The van der Waals surface area contributed by atoms with Gasteiger partial charge >= 0.3 is 0 Å². The van der Waals surface area contributed by atoms with E-state index in [-0.39, 0.29) is 12.4 Å². The van der Waals surface area contributed by atoms with Gasteiger partial charge in [0.05, 0.1) is 0 Å². The Morgan fingerprint density at radius 3 is 2.63 bits per heavy atom. The minimum atomic E-state index is 0. The van der Waals surface area contributed by atoms with Gasteiger partial charge in [-0.25, -0.2) is 0 Å². The van der Waals surface area contributed by atoms with Crippen molar-refractivity contribution in [2.75, 3.05) is 19.6 Å². The lowest BCUT2D eigenvalue weighted by Gasteiger charge is -2.22. The van der Waals surface area contributed by atoms with Crippen LogP contribution in [0.4, 0.5) is 0 Å². The van der Waals surface area contributed by atoms with Crippen LogP contribution in [0.15, 0.2) is 30.3 Å². The summed E-state index contributed by atoms with van der Waals surface area (Å²) in [6, 6.07) is 11.3. The second-order valence-electron chi connectivity index (χ2n) is 6.20. The van der Waals surface area contributed by atoms with E-state index in [1.807, 2.05) is 0 Å². The lowest BCUT2D eigenvalue weighted by atomic mass is 9.98. The predicted molar refractivity (Wildman–Crippen MR) is 82.7 cm³/mol. The second-order valence-corrected chi connectivity index (χ2v) is 6.20. The molecule has 0 aromatic heterocycles. The first-order chi connectivity index (χ1) is 8.74. The van der Waals surface area contributed by atoms with E-state index in [0.29, 0.717) is 12.0 Å². The normalized spacial score (nSPS) is 31.8. The number of nitrogens with zero attached hydrogens (tertiary/aromatic N) is 1. The van der Waals surface area contributed by atoms with Crippen molar-refractivity contribution >= 4 is 12.4 Å². The van der Waals surface area contributed by atoms with Gasteiger partial charge in [0, 0.05) is 25.7 Å². The molecule has 0 amide bonds. The molecule has 1 aromatic rings. The van der Waals surface area contributed by atoms with Crippen molar-refractivity contribution in [2.45, 2.75) is 31.7 Å². The standard InChI is InChI=1S/C16H24N2.ClH/c1-12(13-5-3-2-4-6-13)9-18-10-14-7-8-16(17)15(14)11-18;/h2-6,12,14-16H,7-11,17H2,1H3;1H. The van der Waals surface area contributed by atoms with Crippen LogP contribution in [0, 0.1) is 11.8 Å². The quantitative estimate of drug-likeness (QED) is 0.922. The molecule has 2 N–H and O–H groups in total. The van der Waals surface area contributed by atoms with Gasteiger partial charge in [0.2, 0.25) is 0 Å². The first kappa shape index (κ1) is 14.8. The summed E-state index contributed by atoms with van der Waals surface area (Å²) in [5.41, 5.74) is 7.65. The zero-order valence-corrected chi connectivity index (χ0v) is 12.5. The molecule has 0 bridgehead atoms. The van der Waals surface area contributed by atoms with E-state index < -0.39 is 0 Å². The van der Waals surface area contributed by atoms with Gasteiger partial charge in [0.15, 0.2) is 0 Å². The molecule has 4 unspecified atom stereocenters. The number of nitrogens with two attached hydrogens (primary N) is 1. The molecular weight excluding hydrogens is 256 g/mol. The van der Waals surface area contributed by atoms with Gasteiger partial charge in [0.25, 0.3) is 0 Å². The molecular formula is C16H25ClN2. The molecule has 1 aliphatic heterocycles. The van der Waals surface area contributed by atoms with E-state index >= 15 is 0 Å². The maximum atomic E-state index is 6.20. The first-order valence-corrected chi connectivity index (χ1v) is 7.27. The number of halogens is 1. The van der Waals surface area contributed by atoms with E-state index in [0.717, 1.165) is 11.8 Å². The Morgan fingerprint density at radius 2 is 1.95 bits per heavy atom. The molecule has 4 atom stereocenters. The molecule has 1 aliphatic carbocycles. The van der Waals surface area contributed by atoms with Gasteiger partial charge in [-0.15, -0.1) is 12.4 Å². The molecule has 106 valence electrons. The third kappa shape index (κ3) is 3.13. The Hall–Kier alpha value is -0.570. The summed E-state index contributed by atoms with van der Waals surface area (Å²) in [4.78, 5) is 2.63. The van der Waals surface area contributed by atoms with Crippen molar-refractivity contribution in [2.24, 2.45) is 17.6 Å². The third-order valence-electron chi connectivity index (χ3n) is 4.89. The van der Waals surface area contributed by atoms with E-state index in [1.165, 1.54) is 38.0 Å². The number of benzene rings is 1. The van der Waals surface area contributed by atoms with Crippen LogP contribution in [0.1, 0.15) is 31.2 Å². The number of likely N-dealkylation sites (tertiary alicyclic amines) is 1. The summed E-state index contributed by atoms with van der Waals surface area (Å²) >= 11 is 0. The average molecular weight is 281 g/mol. The number of rotatable bonds is 3. The molecule has 0 radical (unpaired) electrons. The highest BCUT2D eigenvalue weighted by Gasteiger charge is 2.40. The lowest BCUT2D eigenvalue weighted by Crippen LogP contribution is -2.31. The molecule has 1 saturated carbocycles. The second kappa shape index (κ2) is 6.25. The van der Waals surface area contributed by atoms with Crippen LogP contribution in [-0.2, 0) is 0 Å². The van der Waals surface area contributed by atoms with Gasteiger partial charge < -0.3 is 10.6 Å². The van der Waals surface area contributed by atoms with Crippen molar-refractivity contribution in [1.82, 2.24) is 4.90 Å². The fourth-order valence-corrected chi connectivity index (χ4v) is 3.82. The third-order valence-corrected chi connectivity index (χ3v) is 4.89. The Labute approximate surface area is 122 Å². The topological polar surface area (TPSA) is 29.3 Å². The maximum Gasteiger partial charge on any atom is 0.00826 e. The van der Waals surface area contributed by atoms with Crippen molar-refractivity contribution < 1.29 is 0 Å². The molecule has 2 nitrogen and oxygen atoms in total. The van der Waals surface area contributed by atoms with Crippen molar-refractivity contribution in [1.29, 1.82) is 0 Å². The molecule has 3 heteroatoms. The van der Waals surface area contributed by atoms with Gasteiger partial charge in [0.1, 0.15) is 0 Å². The van der Waals surface area contributed by atoms with Crippen LogP contribution in [0.3, 0.4) is 0 Å². The molecule has 1 saturated heterocycles. The Balaban J connectivity index is 0.00000133. The van der Waals surface area contributed by atoms with Crippen LogP contribution in [0.5, 0.6) is 0 Å². The Bertz CT molecular complexity index is 395. The Morgan fingerprint density at radius 1 is 1.21 bits per heavy atom. The fraction of sp³-hybridized carbons (Fsp3) is 0.625. The number of fused-ring (bicyclic) bond motifs is 1. The van der Waals surface area contributed by atoms with Crippen LogP contribution >= 0.6 is 12.4 Å². The highest BCUT2D eigenvalue weighted by Crippen LogP contribution is 2.37. The number of hydrogen-bond donors (Lipinski definition) is 1. The van der Waals surface area contributed by atoms with E-state index in [1.54, 1.807) is 0 Å². The smallest absolute Gasteiger partial charge is 0.00826 e. The highest BCUT2D eigenvalue weighted by molar-refractivity contribution is 5.85. The van der Waals surface area contributed by atoms with Gasteiger partial charge in [-0.1, -0.05) is 37.3 Å². The molecule has 1 heterocycles. The fourth-order valence-electron chi connectivity index (χ4n) is 3.82. The summed E-state index contributed by atoms with van der Waals surface area (Å²) in [5.74, 6) is 2.28. The molecule has 1 aromatic carbocycles. The average Bonchev–Trinajstić information content (AvgIpc) is 2.93. The van der Waals surface area contributed by atoms with Crippen molar-refractivity contribution in [3.63, 3.8) is 0 Å². The monoisotopic (exact) mass is 280 g/mol. The minimum Gasteiger partial charge on any atom is -0.327 e. The van der Waals surface area contributed by atoms with Crippen molar-refractivity contribution in [3.05, 3.63) is 35.9 Å². The summed E-state index contributed by atoms with van der Waals surface area (Å²) in [7, 11) is 0. The molecule has 2 fully saturated rings. The molecule has 3 rings (SSSR count). The van der Waals surface area contributed by atoms with E-state index in [2.05, 4.69) is 42.2 Å². The van der Waals surface area contributed by atoms with E-state index in [4.69, 9.17) is 5.73 Å². The lowest BCUT2D eigenvalue weighted by molar-refractivity contribution is 0.291. The van der Waals surface area contributed by atoms with Gasteiger partial charge in [-0.2, -0.15) is 0 Å². The van der Waals surface area contributed by atoms with Crippen LogP contribution in [-0.4, -0.2) is 30.6 Å². The Kier molecular flexibility index (Phi) is 4.88. The van der Waals surface area contributed by atoms with Crippen LogP contribution in [0.25, 0.3) is 0 Å². The largest absolute Gasteiger partial charge is 0.327 e. The minimum absolute atomic E-state index is 0. The van der Waals surface area contributed by atoms with Crippen LogP contribution in [0.2, 0.25) is 0 Å². The zero-order valence-electron chi connectivity index (χ0n) is 11.7. The predicted octanol–water partition coefficient (Wildman–Crippen LogP) is 2.88. The van der Waals surface area contributed by atoms with Crippen molar-refractivity contribution in [3.8, 4) is 0 Å².